The number of amides is 2. The third-order valence-electron chi connectivity index (χ3n) is 3.51. The number of nitro groups is 1. The Morgan fingerprint density at radius 1 is 1.17 bits per heavy atom. The lowest BCUT2D eigenvalue weighted by Crippen LogP contribution is -2.06. The number of carbonyl (C=O) groups excluding carboxylic acids is 2. The second-order valence-corrected chi connectivity index (χ2v) is 5.93. The summed E-state index contributed by atoms with van der Waals surface area (Å²) in [7, 11) is 3.38. The van der Waals surface area contributed by atoms with Crippen LogP contribution < -0.4 is 0 Å². The smallest absolute Gasteiger partial charge is 0.295 e. The van der Waals surface area contributed by atoms with Gasteiger partial charge in [0.25, 0.3) is 11.6 Å². The molecule has 0 bridgehead atoms. The van der Waals surface area contributed by atoms with Crippen molar-refractivity contribution >= 4 is 34.6 Å². The number of rotatable bonds is 4. The van der Waals surface area contributed by atoms with Crippen LogP contribution in [0.1, 0.15) is 10.4 Å². The number of aromatic hydroxyl groups is 2. The molecular formula is C18H17N5O6. The molecule has 29 heavy (non-hydrogen) atoms. The molecule has 2 amide bonds. The molecule has 3 rings (SSSR count). The molecule has 11 heteroatoms. The lowest BCUT2D eigenvalue weighted by atomic mass is 10.2. The fourth-order valence-corrected chi connectivity index (χ4v) is 2.12. The summed E-state index contributed by atoms with van der Waals surface area (Å²) in [5, 5.41) is 37.4. The Morgan fingerprint density at radius 2 is 1.79 bits per heavy atom. The van der Waals surface area contributed by atoms with Gasteiger partial charge in [-0.05, 0) is 30.3 Å². The van der Waals surface area contributed by atoms with E-state index in [0.29, 0.717) is 5.52 Å². The molecule has 1 aromatic heterocycles. The van der Waals surface area contributed by atoms with Crippen LogP contribution in [0.25, 0.3) is 10.9 Å². The predicted octanol–water partition coefficient (Wildman–Crippen LogP) is 3.12. The Morgan fingerprint density at radius 3 is 2.34 bits per heavy atom. The zero-order valence-corrected chi connectivity index (χ0v) is 15.4. The monoisotopic (exact) mass is 399 g/mol. The zero-order chi connectivity index (χ0) is 21.6. The number of carbonyl (C=O) groups is 2. The lowest BCUT2D eigenvalue weighted by molar-refractivity contribution is -0.384. The number of nitrogens with one attached hydrogen (secondary N) is 1. The average Bonchev–Trinajstić information content (AvgIpc) is 3.01. The van der Waals surface area contributed by atoms with Crippen LogP contribution in [0.5, 0.6) is 11.6 Å². The molecule has 0 unspecified atom stereocenters. The molecule has 1 heterocycles. The van der Waals surface area contributed by atoms with Crippen LogP contribution in [-0.4, -0.2) is 51.4 Å². The maximum atomic E-state index is 11.9. The van der Waals surface area contributed by atoms with Crippen molar-refractivity contribution in [2.75, 3.05) is 14.1 Å². The summed E-state index contributed by atoms with van der Waals surface area (Å²) >= 11 is 0. The number of aromatic nitrogens is 1. The first kappa shape index (κ1) is 21.0. The highest BCUT2D eigenvalue weighted by Crippen LogP contribution is 2.37. The summed E-state index contributed by atoms with van der Waals surface area (Å²) in [6.07, 6.45) is 0.750. The highest BCUT2D eigenvalue weighted by Gasteiger charge is 2.15. The summed E-state index contributed by atoms with van der Waals surface area (Å²) in [6, 6.07) is 9.33. The molecule has 0 fully saturated rings. The van der Waals surface area contributed by atoms with E-state index in [9.17, 15) is 29.9 Å². The van der Waals surface area contributed by atoms with Gasteiger partial charge < -0.3 is 20.1 Å². The topological polar surface area (TPSA) is 161 Å². The molecule has 0 radical (unpaired) electrons. The summed E-state index contributed by atoms with van der Waals surface area (Å²) in [5.41, 5.74) is 0.370. The molecule has 11 nitrogen and oxygen atoms in total. The van der Waals surface area contributed by atoms with E-state index in [1.807, 2.05) is 0 Å². The first-order valence-electron chi connectivity index (χ1n) is 8.09. The third kappa shape index (κ3) is 5.35. The molecule has 0 aliphatic heterocycles. The SMILES string of the molecule is CN(C)C=O.O=C(N=Nc1c(O)[nH]c2ccc([N+](=O)[O-])cc12)c1ccc(O)cc1. The lowest BCUT2D eigenvalue weighted by Gasteiger charge is -1.95. The van der Waals surface area contributed by atoms with Crippen molar-refractivity contribution in [3.8, 4) is 11.6 Å². The number of benzene rings is 2. The van der Waals surface area contributed by atoms with Crippen LogP contribution >= 0.6 is 0 Å². The highest BCUT2D eigenvalue weighted by molar-refractivity contribution is 5.97. The maximum Gasteiger partial charge on any atom is 0.295 e. The van der Waals surface area contributed by atoms with E-state index in [2.05, 4.69) is 15.2 Å². The van der Waals surface area contributed by atoms with Gasteiger partial charge in [-0.2, -0.15) is 0 Å². The molecule has 0 aliphatic rings. The molecular weight excluding hydrogens is 382 g/mol. The van der Waals surface area contributed by atoms with Crippen LogP contribution in [0.2, 0.25) is 0 Å². The molecule has 150 valence electrons. The Hall–Kier alpha value is -4.28. The second-order valence-electron chi connectivity index (χ2n) is 5.93. The highest BCUT2D eigenvalue weighted by atomic mass is 16.6. The number of hydrogen-bond acceptors (Lipinski definition) is 7. The Labute approximate surface area is 164 Å². The van der Waals surface area contributed by atoms with Gasteiger partial charge in [-0.15, -0.1) is 10.2 Å². The standard InChI is InChI=1S/C15H10N4O5.C3H7NO/c20-10-4-1-8(2-5-10)14(21)18-17-13-11-7-9(19(23)24)3-6-12(11)16-15(13)22;1-4(2)3-5/h1-7,16,20,22H;3H,1-2H3. The van der Waals surface area contributed by atoms with Crippen molar-refractivity contribution in [1.29, 1.82) is 0 Å². The van der Waals surface area contributed by atoms with Crippen molar-refractivity contribution in [3.63, 3.8) is 0 Å². The minimum atomic E-state index is -0.686. The fourth-order valence-electron chi connectivity index (χ4n) is 2.12. The van der Waals surface area contributed by atoms with Crippen molar-refractivity contribution in [2.45, 2.75) is 0 Å². The summed E-state index contributed by atoms with van der Waals surface area (Å²) in [4.78, 5) is 35.7. The van der Waals surface area contributed by atoms with Crippen molar-refractivity contribution < 1.29 is 24.7 Å². The van der Waals surface area contributed by atoms with Gasteiger partial charge in [0, 0.05) is 37.2 Å². The number of H-pyrrole nitrogens is 1. The number of aromatic amines is 1. The van der Waals surface area contributed by atoms with E-state index < -0.39 is 10.8 Å². The number of fused-ring (bicyclic) bond motifs is 1. The first-order valence-corrected chi connectivity index (χ1v) is 8.09. The first-order chi connectivity index (χ1) is 13.7. The van der Waals surface area contributed by atoms with Gasteiger partial charge in [-0.1, -0.05) is 0 Å². The molecule has 0 aliphatic carbocycles. The Bertz CT molecular complexity index is 1070. The van der Waals surface area contributed by atoms with Crippen LogP contribution in [0.15, 0.2) is 52.7 Å². The van der Waals surface area contributed by atoms with Gasteiger partial charge in [0.1, 0.15) is 5.75 Å². The van der Waals surface area contributed by atoms with Gasteiger partial charge in [0.15, 0.2) is 5.69 Å². The number of azo groups is 1. The minimum absolute atomic E-state index is 0.00470. The Balaban J connectivity index is 0.000000537. The molecule has 3 N–H and O–H groups in total. The van der Waals surface area contributed by atoms with E-state index in [1.54, 1.807) is 14.1 Å². The summed E-state index contributed by atoms with van der Waals surface area (Å²) in [5.74, 6) is -1.04. The van der Waals surface area contributed by atoms with Crippen molar-refractivity contribution in [2.24, 2.45) is 10.2 Å². The number of phenolic OH excluding ortho intramolecular Hbond substituents is 1. The van der Waals surface area contributed by atoms with Crippen LogP contribution in [0.4, 0.5) is 11.4 Å². The zero-order valence-electron chi connectivity index (χ0n) is 15.4. The van der Waals surface area contributed by atoms with Gasteiger partial charge in [0.2, 0.25) is 12.3 Å². The largest absolute Gasteiger partial charge is 0.508 e. The second kappa shape index (κ2) is 9.08. The number of phenols is 1. The molecule has 0 atom stereocenters. The predicted molar refractivity (Wildman–Crippen MR) is 103 cm³/mol. The maximum absolute atomic E-state index is 11.9. The Kier molecular flexibility index (Phi) is 6.58. The van der Waals surface area contributed by atoms with E-state index in [0.717, 1.165) is 6.41 Å². The molecule has 0 spiro atoms. The summed E-state index contributed by atoms with van der Waals surface area (Å²) in [6.45, 7) is 0. The van der Waals surface area contributed by atoms with Gasteiger partial charge in [-0.3, -0.25) is 19.7 Å². The van der Waals surface area contributed by atoms with Crippen LogP contribution in [0.3, 0.4) is 0 Å². The van der Waals surface area contributed by atoms with Crippen LogP contribution in [-0.2, 0) is 4.79 Å². The van der Waals surface area contributed by atoms with Gasteiger partial charge in [0.05, 0.1) is 10.4 Å². The minimum Gasteiger partial charge on any atom is -0.508 e. The number of nitro benzene ring substituents is 1. The van der Waals surface area contributed by atoms with E-state index in [1.165, 1.54) is 47.4 Å². The van der Waals surface area contributed by atoms with Crippen molar-refractivity contribution in [1.82, 2.24) is 9.88 Å². The van der Waals surface area contributed by atoms with E-state index >= 15 is 0 Å². The van der Waals surface area contributed by atoms with E-state index in [4.69, 9.17) is 0 Å². The molecule has 3 aromatic rings. The van der Waals surface area contributed by atoms with Crippen molar-refractivity contribution in [3.05, 3.63) is 58.1 Å². The van der Waals surface area contributed by atoms with Gasteiger partial charge in [-0.25, -0.2) is 0 Å². The molecule has 2 aromatic carbocycles. The molecule has 0 saturated carbocycles. The number of non-ortho nitro benzene ring substituents is 1. The number of nitrogens with zero attached hydrogens (tertiary/aromatic N) is 4. The quantitative estimate of drug-likeness (QED) is 0.264. The number of hydrogen-bond donors (Lipinski definition) is 3. The normalized spacial score (nSPS) is 10.4. The summed E-state index contributed by atoms with van der Waals surface area (Å²) < 4.78 is 0. The van der Waals surface area contributed by atoms with Crippen LogP contribution in [0, 0.1) is 10.1 Å². The third-order valence-corrected chi connectivity index (χ3v) is 3.51. The average molecular weight is 399 g/mol. The van der Waals surface area contributed by atoms with Gasteiger partial charge >= 0.3 is 0 Å². The fraction of sp³-hybridized carbons (Fsp3) is 0.111. The van der Waals surface area contributed by atoms with E-state index in [-0.39, 0.29) is 34.0 Å². The molecule has 0 saturated heterocycles.